The Morgan fingerprint density at radius 3 is 2.56 bits per heavy atom. The van der Waals surface area contributed by atoms with Gasteiger partial charge in [0.25, 0.3) is 0 Å². The third-order valence-corrected chi connectivity index (χ3v) is 8.22. The van der Waals surface area contributed by atoms with Crippen LogP contribution in [0.25, 0.3) is 0 Å². The summed E-state index contributed by atoms with van der Waals surface area (Å²) in [7, 11) is 0. The van der Waals surface area contributed by atoms with Crippen LogP contribution in [0.15, 0.2) is 23.3 Å². The first-order valence-corrected chi connectivity index (χ1v) is 10.3. The number of allylic oxidation sites excluding steroid dienone is 4. The van der Waals surface area contributed by atoms with Gasteiger partial charge in [-0.2, -0.15) is 0 Å². The van der Waals surface area contributed by atoms with E-state index in [1.54, 1.807) is 6.92 Å². The number of esters is 1. The summed E-state index contributed by atoms with van der Waals surface area (Å²) in [4.78, 5) is 36.5. The summed E-state index contributed by atoms with van der Waals surface area (Å²) in [5, 5.41) is 0. The Morgan fingerprint density at radius 2 is 1.89 bits per heavy atom. The molecule has 4 aliphatic rings. The fourth-order valence-electron chi connectivity index (χ4n) is 7.04. The molecule has 2 fully saturated rings. The number of Topliss-reactive ketones (excluding diaryl/α,β-unsaturated/α-hetero) is 1. The Balaban J connectivity index is 1.75. The predicted octanol–water partition coefficient (Wildman–Crippen LogP) is 4.19. The molecule has 0 aromatic rings. The van der Waals surface area contributed by atoms with Gasteiger partial charge in [-0.3, -0.25) is 14.4 Å². The standard InChI is InChI=1S/C23H30O4/c1-13-11-20-18(17-6-5-16(26)12-19(13)17)7-9-22(4)21(20)8-10-23(22,14(2)24)27-15(3)25/h11-12,17-18,20-21H,5-10H2,1-4H3/t17?,18?,20?,21?,22-,23-/m0/s1. The van der Waals surface area contributed by atoms with E-state index >= 15 is 0 Å². The molecule has 6 atom stereocenters. The molecule has 0 heterocycles. The van der Waals surface area contributed by atoms with Gasteiger partial charge in [0, 0.05) is 18.8 Å². The van der Waals surface area contributed by atoms with Crippen molar-refractivity contribution in [2.24, 2.45) is 29.1 Å². The minimum atomic E-state index is -0.977. The van der Waals surface area contributed by atoms with Crippen LogP contribution in [0.1, 0.15) is 66.2 Å². The Labute approximate surface area is 161 Å². The summed E-state index contributed by atoms with van der Waals surface area (Å²) in [5.74, 6) is 1.61. The molecule has 0 aromatic heterocycles. The summed E-state index contributed by atoms with van der Waals surface area (Å²) in [6.45, 7) is 7.29. The van der Waals surface area contributed by atoms with E-state index in [0.717, 1.165) is 25.7 Å². The van der Waals surface area contributed by atoms with E-state index in [0.29, 0.717) is 36.5 Å². The third-order valence-electron chi connectivity index (χ3n) is 8.22. The maximum atomic E-state index is 12.7. The maximum absolute atomic E-state index is 12.7. The van der Waals surface area contributed by atoms with Crippen LogP contribution in [0.5, 0.6) is 0 Å². The molecule has 0 bridgehead atoms. The van der Waals surface area contributed by atoms with Crippen LogP contribution in [0, 0.1) is 29.1 Å². The molecule has 4 rings (SSSR count). The fourth-order valence-corrected chi connectivity index (χ4v) is 7.04. The summed E-state index contributed by atoms with van der Waals surface area (Å²) < 4.78 is 5.79. The van der Waals surface area contributed by atoms with Crippen molar-refractivity contribution in [2.75, 3.05) is 0 Å². The van der Waals surface area contributed by atoms with Gasteiger partial charge in [-0.25, -0.2) is 0 Å². The molecule has 27 heavy (non-hydrogen) atoms. The first kappa shape index (κ1) is 18.6. The van der Waals surface area contributed by atoms with Crippen molar-refractivity contribution < 1.29 is 19.1 Å². The average Bonchev–Trinajstić information content (AvgIpc) is 2.89. The molecule has 4 unspecified atom stereocenters. The zero-order chi connectivity index (χ0) is 19.6. The molecular weight excluding hydrogens is 340 g/mol. The molecule has 0 radical (unpaired) electrons. The molecule has 4 nitrogen and oxygen atoms in total. The second-order valence-corrected chi connectivity index (χ2v) is 9.38. The van der Waals surface area contributed by atoms with E-state index in [-0.39, 0.29) is 23.0 Å². The van der Waals surface area contributed by atoms with E-state index in [1.165, 1.54) is 18.1 Å². The Kier molecular flexibility index (Phi) is 4.25. The van der Waals surface area contributed by atoms with Crippen molar-refractivity contribution in [3.63, 3.8) is 0 Å². The van der Waals surface area contributed by atoms with Crippen LogP contribution in [0.4, 0.5) is 0 Å². The number of fused-ring (bicyclic) bond motifs is 5. The van der Waals surface area contributed by atoms with Crippen LogP contribution in [0.2, 0.25) is 0 Å². The van der Waals surface area contributed by atoms with Crippen molar-refractivity contribution in [3.8, 4) is 0 Å². The van der Waals surface area contributed by atoms with Gasteiger partial charge in [0.15, 0.2) is 17.2 Å². The van der Waals surface area contributed by atoms with Crippen LogP contribution >= 0.6 is 0 Å². The van der Waals surface area contributed by atoms with E-state index in [1.807, 2.05) is 6.08 Å². The van der Waals surface area contributed by atoms with E-state index in [4.69, 9.17) is 4.74 Å². The molecule has 0 spiro atoms. The summed E-state index contributed by atoms with van der Waals surface area (Å²) >= 11 is 0. The minimum Gasteiger partial charge on any atom is -0.451 e. The van der Waals surface area contributed by atoms with Crippen LogP contribution in [-0.4, -0.2) is 23.1 Å². The van der Waals surface area contributed by atoms with Gasteiger partial charge in [-0.05, 0) is 81.3 Å². The largest absolute Gasteiger partial charge is 0.451 e. The zero-order valence-corrected chi connectivity index (χ0v) is 16.8. The minimum absolute atomic E-state index is 0.0125. The molecule has 146 valence electrons. The average molecular weight is 370 g/mol. The SMILES string of the molecule is CC(=O)O[C@]1(C(C)=O)CCC2C3C=C(C)C4=CC(=O)CCC4C3CC[C@@]21C. The van der Waals surface area contributed by atoms with Gasteiger partial charge in [0.2, 0.25) is 0 Å². The Hall–Kier alpha value is -1.71. The Morgan fingerprint density at radius 1 is 1.15 bits per heavy atom. The topological polar surface area (TPSA) is 60.4 Å². The predicted molar refractivity (Wildman–Crippen MR) is 102 cm³/mol. The van der Waals surface area contributed by atoms with Gasteiger partial charge in [-0.15, -0.1) is 0 Å². The smallest absolute Gasteiger partial charge is 0.303 e. The zero-order valence-electron chi connectivity index (χ0n) is 16.8. The number of hydrogen-bond donors (Lipinski definition) is 0. The molecular formula is C23H30O4. The van der Waals surface area contributed by atoms with Gasteiger partial charge >= 0.3 is 5.97 Å². The van der Waals surface area contributed by atoms with Crippen molar-refractivity contribution in [2.45, 2.75) is 71.8 Å². The molecule has 0 aliphatic heterocycles. The summed E-state index contributed by atoms with van der Waals surface area (Å²) in [6.07, 6.45) is 9.29. The fraction of sp³-hybridized carbons (Fsp3) is 0.696. The van der Waals surface area contributed by atoms with Gasteiger partial charge < -0.3 is 4.74 Å². The molecule has 4 heteroatoms. The lowest BCUT2D eigenvalue weighted by Crippen LogP contribution is -2.57. The van der Waals surface area contributed by atoms with Crippen molar-refractivity contribution in [1.29, 1.82) is 0 Å². The summed E-state index contributed by atoms with van der Waals surface area (Å²) in [5.41, 5.74) is 1.18. The monoisotopic (exact) mass is 370 g/mol. The number of ketones is 2. The van der Waals surface area contributed by atoms with Crippen LogP contribution in [0.3, 0.4) is 0 Å². The second-order valence-electron chi connectivity index (χ2n) is 9.38. The quantitative estimate of drug-likeness (QED) is 0.684. The number of hydrogen-bond acceptors (Lipinski definition) is 4. The molecule has 0 amide bonds. The molecule has 0 N–H and O–H groups in total. The first-order chi connectivity index (χ1) is 12.7. The third kappa shape index (κ3) is 2.51. The highest BCUT2D eigenvalue weighted by atomic mass is 16.6. The lowest BCUT2D eigenvalue weighted by atomic mass is 9.51. The van der Waals surface area contributed by atoms with E-state index in [2.05, 4.69) is 19.9 Å². The molecule has 2 saturated carbocycles. The van der Waals surface area contributed by atoms with Gasteiger partial charge in [0.1, 0.15) is 0 Å². The lowest BCUT2D eigenvalue weighted by Gasteiger charge is -2.54. The summed E-state index contributed by atoms with van der Waals surface area (Å²) in [6, 6.07) is 0. The molecule has 4 aliphatic carbocycles. The van der Waals surface area contributed by atoms with Crippen LogP contribution < -0.4 is 0 Å². The number of ether oxygens (including phenoxy) is 1. The molecule has 0 saturated heterocycles. The van der Waals surface area contributed by atoms with Crippen molar-refractivity contribution in [1.82, 2.24) is 0 Å². The number of carbonyl (C=O) groups is 3. The van der Waals surface area contributed by atoms with Gasteiger partial charge in [0.05, 0.1) is 0 Å². The highest BCUT2D eigenvalue weighted by Crippen LogP contribution is 2.65. The van der Waals surface area contributed by atoms with Crippen LogP contribution in [-0.2, 0) is 19.1 Å². The second kappa shape index (κ2) is 6.15. The maximum Gasteiger partial charge on any atom is 0.303 e. The van der Waals surface area contributed by atoms with Crippen molar-refractivity contribution >= 4 is 17.5 Å². The van der Waals surface area contributed by atoms with Gasteiger partial charge in [-0.1, -0.05) is 18.6 Å². The molecule has 0 aromatic carbocycles. The normalized spacial score (nSPS) is 43.0. The van der Waals surface area contributed by atoms with E-state index in [9.17, 15) is 14.4 Å². The Bertz CT molecular complexity index is 775. The first-order valence-electron chi connectivity index (χ1n) is 10.3. The number of rotatable bonds is 2. The number of carbonyl (C=O) groups excluding carboxylic acids is 3. The highest BCUT2D eigenvalue weighted by molar-refractivity contribution is 5.92. The lowest BCUT2D eigenvalue weighted by molar-refractivity contribution is -0.184. The highest BCUT2D eigenvalue weighted by Gasteiger charge is 2.66. The van der Waals surface area contributed by atoms with E-state index < -0.39 is 5.60 Å². The van der Waals surface area contributed by atoms with Crippen molar-refractivity contribution in [3.05, 3.63) is 23.3 Å².